The Bertz CT molecular complexity index is 542. The van der Waals surface area contributed by atoms with Crippen molar-refractivity contribution in [3.8, 4) is 0 Å². The fourth-order valence-electron chi connectivity index (χ4n) is 1.52. The molecule has 1 unspecified atom stereocenters. The lowest BCUT2D eigenvalue weighted by molar-refractivity contribution is -0.146. The third-order valence-electron chi connectivity index (χ3n) is 2.83. The first-order valence-electron chi connectivity index (χ1n) is 7.06. The van der Waals surface area contributed by atoms with E-state index in [0.29, 0.717) is 5.76 Å². The minimum Gasteiger partial charge on any atom is -0.468 e. The maximum atomic E-state index is 11.1. The van der Waals surface area contributed by atoms with Gasteiger partial charge in [-0.2, -0.15) is 0 Å². The number of halogens is 1. The number of ether oxygens (including phenoxy) is 2. The van der Waals surface area contributed by atoms with E-state index < -0.39 is 18.0 Å². The zero-order valence-electron chi connectivity index (χ0n) is 14.7. The molecule has 0 amide bonds. The molecule has 0 aliphatic carbocycles. The molecule has 0 saturated carbocycles. The topological polar surface area (TPSA) is 122 Å². The van der Waals surface area contributed by atoms with Gasteiger partial charge in [0.1, 0.15) is 5.76 Å². The lowest BCUT2D eigenvalue weighted by Crippen LogP contribution is -2.41. The van der Waals surface area contributed by atoms with Gasteiger partial charge in [0.25, 0.3) is 0 Å². The molecular formula is C15H25ClN2O6. The standard InChI is InChI=1S/C8H11NO3.C7H13NO3.ClH/c1-5(2)7-6(8(10)11-3)9-4-12-7;1-4(2)6(9)5(8)7(10)11-3;/h4-5H,1-3H3;4-5H,8H2,1-3H3;1H. The molecule has 0 aliphatic rings. The molecule has 0 aliphatic heterocycles. The summed E-state index contributed by atoms with van der Waals surface area (Å²) in [5, 5.41) is 0. The van der Waals surface area contributed by atoms with Gasteiger partial charge in [-0.15, -0.1) is 12.4 Å². The van der Waals surface area contributed by atoms with Gasteiger partial charge >= 0.3 is 11.9 Å². The van der Waals surface area contributed by atoms with Crippen LogP contribution in [0.2, 0.25) is 0 Å². The number of nitrogens with zero attached hydrogens (tertiary/aromatic N) is 1. The van der Waals surface area contributed by atoms with Gasteiger partial charge < -0.3 is 19.6 Å². The molecule has 1 aromatic heterocycles. The Morgan fingerprint density at radius 2 is 1.67 bits per heavy atom. The summed E-state index contributed by atoms with van der Waals surface area (Å²) in [4.78, 5) is 36.5. The Morgan fingerprint density at radius 1 is 1.12 bits per heavy atom. The van der Waals surface area contributed by atoms with Crippen LogP contribution in [0.15, 0.2) is 10.8 Å². The number of carbonyl (C=O) groups is 3. The van der Waals surface area contributed by atoms with Crippen molar-refractivity contribution < 1.29 is 28.3 Å². The molecule has 138 valence electrons. The molecule has 8 nitrogen and oxygen atoms in total. The molecule has 0 fully saturated rings. The van der Waals surface area contributed by atoms with Gasteiger partial charge in [-0.25, -0.2) is 14.6 Å². The smallest absolute Gasteiger partial charge is 0.360 e. The third-order valence-corrected chi connectivity index (χ3v) is 2.83. The number of aromatic nitrogens is 1. The van der Waals surface area contributed by atoms with Crippen molar-refractivity contribution in [1.82, 2.24) is 4.98 Å². The van der Waals surface area contributed by atoms with Crippen molar-refractivity contribution in [1.29, 1.82) is 0 Å². The molecular weight excluding hydrogens is 340 g/mol. The minimum absolute atomic E-state index is 0. The quantitative estimate of drug-likeness (QED) is 0.619. The van der Waals surface area contributed by atoms with Gasteiger partial charge in [0.2, 0.25) is 0 Å². The largest absolute Gasteiger partial charge is 0.468 e. The van der Waals surface area contributed by atoms with Crippen LogP contribution < -0.4 is 5.73 Å². The highest BCUT2D eigenvalue weighted by atomic mass is 35.5. The maximum Gasteiger partial charge on any atom is 0.360 e. The van der Waals surface area contributed by atoms with Gasteiger partial charge in [0, 0.05) is 11.8 Å². The Morgan fingerprint density at radius 3 is 2.04 bits per heavy atom. The molecule has 0 bridgehead atoms. The number of methoxy groups -OCH3 is 2. The van der Waals surface area contributed by atoms with Crippen LogP contribution in [0.25, 0.3) is 0 Å². The van der Waals surface area contributed by atoms with Crippen LogP contribution in [-0.2, 0) is 19.1 Å². The summed E-state index contributed by atoms with van der Waals surface area (Å²) in [5.74, 6) is -0.944. The normalized spacial score (nSPS) is 11.0. The van der Waals surface area contributed by atoms with Crippen molar-refractivity contribution in [3.63, 3.8) is 0 Å². The second-order valence-corrected chi connectivity index (χ2v) is 5.27. The molecule has 1 atom stereocenters. The van der Waals surface area contributed by atoms with E-state index in [0.717, 1.165) is 0 Å². The molecule has 0 spiro atoms. The summed E-state index contributed by atoms with van der Waals surface area (Å²) in [7, 11) is 2.52. The zero-order valence-corrected chi connectivity index (χ0v) is 15.5. The molecule has 0 aromatic carbocycles. The lowest BCUT2D eigenvalue weighted by atomic mass is 10.0. The first kappa shape index (κ1) is 24.3. The highest BCUT2D eigenvalue weighted by Crippen LogP contribution is 2.18. The van der Waals surface area contributed by atoms with Gasteiger partial charge in [-0.1, -0.05) is 27.7 Å². The summed E-state index contributed by atoms with van der Waals surface area (Å²) in [6.07, 6.45) is 1.25. The molecule has 1 aromatic rings. The Labute approximate surface area is 147 Å². The number of hydrogen-bond donors (Lipinski definition) is 1. The van der Waals surface area contributed by atoms with E-state index >= 15 is 0 Å². The van der Waals surface area contributed by atoms with Crippen LogP contribution in [-0.4, -0.2) is 43.0 Å². The summed E-state index contributed by atoms with van der Waals surface area (Å²) >= 11 is 0. The van der Waals surface area contributed by atoms with Crippen molar-refractivity contribution >= 4 is 30.1 Å². The number of hydrogen-bond acceptors (Lipinski definition) is 8. The SMILES string of the molecule is COC(=O)C(N)C(=O)C(C)C.COC(=O)c1ncoc1C(C)C.Cl. The number of nitrogens with two attached hydrogens (primary N) is 1. The fraction of sp³-hybridized carbons (Fsp3) is 0.600. The number of esters is 2. The second kappa shape index (κ2) is 11.6. The molecule has 2 N–H and O–H groups in total. The molecule has 0 saturated heterocycles. The van der Waals surface area contributed by atoms with Crippen LogP contribution in [0, 0.1) is 5.92 Å². The minimum atomic E-state index is -1.13. The average Bonchev–Trinajstić information content (AvgIpc) is 3.02. The Hall–Kier alpha value is -1.93. The predicted octanol–water partition coefficient (Wildman–Crippen LogP) is 1.72. The third kappa shape index (κ3) is 7.10. The van der Waals surface area contributed by atoms with Crippen molar-refractivity contribution in [2.24, 2.45) is 11.7 Å². The van der Waals surface area contributed by atoms with Crippen molar-refractivity contribution in [2.75, 3.05) is 14.2 Å². The maximum absolute atomic E-state index is 11.1. The fourth-order valence-corrected chi connectivity index (χ4v) is 1.52. The van der Waals surface area contributed by atoms with E-state index in [1.54, 1.807) is 13.8 Å². The Balaban J connectivity index is 0. The summed E-state index contributed by atoms with van der Waals surface area (Å²) < 4.78 is 13.9. The van der Waals surface area contributed by atoms with E-state index in [4.69, 9.17) is 10.2 Å². The molecule has 1 rings (SSSR count). The molecule has 1 heterocycles. The summed E-state index contributed by atoms with van der Waals surface area (Å²) in [6, 6.07) is -1.13. The van der Waals surface area contributed by atoms with Crippen LogP contribution in [0.3, 0.4) is 0 Å². The van der Waals surface area contributed by atoms with E-state index in [2.05, 4.69) is 14.5 Å². The molecule has 0 radical (unpaired) electrons. The van der Waals surface area contributed by atoms with Gasteiger partial charge in [-0.05, 0) is 0 Å². The summed E-state index contributed by atoms with van der Waals surface area (Å²) in [6.45, 7) is 7.22. The van der Waals surface area contributed by atoms with Gasteiger partial charge in [-0.3, -0.25) is 4.79 Å². The molecule has 24 heavy (non-hydrogen) atoms. The number of Topliss-reactive ketones (excluding diaryl/α,β-unsaturated/α-hetero) is 1. The highest BCUT2D eigenvalue weighted by molar-refractivity contribution is 6.03. The van der Waals surface area contributed by atoms with Crippen molar-refractivity contribution in [2.45, 2.75) is 39.7 Å². The highest BCUT2D eigenvalue weighted by Gasteiger charge is 2.24. The van der Waals surface area contributed by atoms with Crippen LogP contribution in [0.4, 0.5) is 0 Å². The van der Waals surface area contributed by atoms with Crippen LogP contribution >= 0.6 is 12.4 Å². The first-order valence-corrected chi connectivity index (χ1v) is 7.06. The van der Waals surface area contributed by atoms with Crippen LogP contribution in [0.1, 0.15) is 49.9 Å². The van der Waals surface area contributed by atoms with E-state index in [1.807, 2.05) is 13.8 Å². The molecule has 9 heteroatoms. The number of rotatable bonds is 5. The van der Waals surface area contributed by atoms with Crippen LogP contribution in [0.5, 0.6) is 0 Å². The van der Waals surface area contributed by atoms with E-state index in [-0.39, 0.29) is 35.7 Å². The predicted molar refractivity (Wildman–Crippen MR) is 89.0 cm³/mol. The van der Waals surface area contributed by atoms with E-state index in [9.17, 15) is 14.4 Å². The average molecular weight is 365 g/mol. The number of ketones is 1. The first-order chi connectivity index (χ1) is 10.7. The summed E-state index contributed by atoms with van der Waals surface area (Å²) in [5.41, 5.74) is 5.52. The van der Waals surface area contributed by atoms with E-state index in [1.165, 1.54) is 20.6 Å². The second-order valence-electron chi connectivity index (χ2n) is 5.27. The van der Waals surface area contributed by atoms with Crippen molar-refractivity contribution in [3.05, 3.63) is 17.8 Å². The lowest BCUT2D eigenvalue weighted by Gasteiger charge is -2.09. The zero-order chi connectivity index (χ0) is 18.2. The monoisotopic (exact) mass is 364 g/mol. The Kier molecular flexibility index (Phi) is 11.7. The number of oxazole rings is 1. The van der Waals surface area contributed by atoms with Gasteiger partial charge in [0.05, 0.1) is 14.2 Å². The van der Waals surface area contributed by atoms with Gasteiger partial charge in [0.15, 0.2) is 23.9 Å². The number of carbonyl (C=O) groups excluding carboxylic acids is 3.